The molecule has 0 unspecified atom stereocenters. The number of hydrogen-bond donors (Lipinski definition) is 0. The van der Waals surface area contributed by atoms with E-state index in [1.807, 2.05) is 4.90 Å². The van der Waals surface area contributed by atoms with Crippen LogP contribution in [0.2, 0.25) is 0 Å². The smallest absolute Gasteiger partial charge is 0.253 e. The molecular formula is C17H21FN4OS. The second-order valence-corrected chi connectivity index (χ2v) is 6.96. The quantitative estimate of drug-likeness (QED) is 0.855. The lowest BCUT2D eigenvalue weighted by Gasteiger charge is -2.21. The summed E-state index contributed by atoms with van der Waals surface area (Å²) in [6, 6.07) is 5.73. The lowest BCUT2D eigenvalue weighted by atomic mass is 10.2. The van der Waals surface area contributed by atoms with Gasteiger partial charge in [0, 0.05) is 49.2 Å². The SMILES string of the molecule is CC(C)c1nsc(N2CCCN(C(=O)c3ccc(F)cc3)CC2)n1. The molecule has 0 bridgehead atoms. The molecule has 0 saturated carbocycles. The zero-order valence-corrected chi connectivity index (χ0v) is 14.7. The Morgan fingerprint density at radius 3 is 2.58 bits per heavy atom. The summed E-state index contributed by atoms with van der Waals surface area (Å²) in [5.41, 5.74) is 0.530. The lowest BCUT2D eigenvalue weighted by molar-refractivity contribution is 0.0767. The van der Waals surface area contributed by atoms with E-state index in [2.05, 4.69) is 28.1 Å². The normalized spacial score (nSPS) is 15.7. The molecular weight excluding hydrogens is 327 g/mol. The van der Waals surface area contributed by atoms with Crippen molar-refractivity contribution in [1.82, 2.24) is 14.3 Å². The summed E-state index contributed by atoms with van der Waals surface area (Å²) in [5, 5.41) is 0.926. The summed E-state index contributed by atoms with van der Waals surface area (Å²) >= 11 is 1.42. The Balaban J connectivity index is 1.66. The third-order valence-corrected chi connectivity index (χ3v) is 4.88. The van der Waals surface area contributed by atoms with Crippen molar-refractivity contribution < 1.29 is 9.18 Å². The van der Waals surface area contributed by atoms with Crippen LogP contribution in [0.5, 0.6) is 0 Å². The lowest BCUT2D eigenvalue weighted by Crippen LogP contribution is -2.35. The summed E-state index contributed by atoms with van der Waals surface area (Å²) in [6.07, 6.45) is 0.878. The summed E-state index contributed by atoms with van der Waals surface area (Å²) in [5.74, 6) is 0.819. The van der Waals surface area contributed by atoms with Crippen molar-refractivity contribution in [2.75, 3.05) is 31.1 Å². The molecule has 7 heteroatoms. The number of benzene rings is 1. The third-order valence-electron chi connectivity index (χ3n) is 4.09. The number of halogens is 1. The molecule has 5 nitrogen and oxygen atoms in total. The molecule has 1 saturated heterocycles. The first-order valence-corrected chi connectivity index (χ1v) is 8.95. The number of carbonyl (C=O) groups excluding carboxylic acids is 1. The van der Waals surface area contributed by atoms with Gasteiger partial charge in [-0.05, 0) is 30.7 Å². The van der Waals surface area contributed by atoms with Crippen LogP contribution in [0.3, 0.4) is 0 Å². The van der Waals surface area contributed by atoms with Crippen molar-refractivity contribution in [3.63, 3.8) is 0 Å². The van der Waals surface area contributed by atoms with Crippen LogP contribution in [0.1, 0.15) is 42.4 Å². The molecule has 2 aromatic rings. The Morgan fingerprint density at radius 1 is 1.17 bits per heavy atom. The van der Waals surface area contributed by atoms with Crippen LogP contribution in [-0.2, 0) is 0 Å². The van der Waals surface area contributed by atoms with E-state index in [0.717, 1.165) is 30.5 Å². The number of hydrogen-bond acceptors (Lipinski definition) is 5. The molecule has 1 aromatic heterocycles. The van der Waals surface area contributed by atoms with Crippen molar-refractivity contribution in [3.05, 3.63) is 41.5 Å². The van der Waals surface area contributed by atoms with Gasteiger partial charge in [0.15, 0.2) is 0 Å². The van der Waals surface area contributed by atoms with Crippen molar-refractivity contribution in [3.8, 4) is 0 Å². The standard InChI is InChI=1S/C17H21FN4OS/c1-12(2)15-19-17(24-20-15)22-9-3-8-21(10-11-22)16(23)13-4-6-14(18)7-5-13/h4-7,12H,3,8-11H2,1-2H3. The number of anilines is 1. The average molecular weight is 348 g/mol. The second-order valence-electron chi connectivity index (χ2n) is 6.23. The topological polar surface area (TPSA) is 49.3 Å². The predicted molar refractivity (Wildman–Crippen MR) is 93.1 cm³/mol. The number of aromatic nitrogens is 2. The highest BCUT2D eigenvalue weighted by Gasteiger charge is 2.22. The molecule has 3 rings (SSSR count). The maximum Gasteiger partial charge on any atom is 0.253 e. The van der Waals surface area contributed by atoms with E-state index in [4.69, 9.17) is 0 Å². The summed E-state index contributed by atoms with van der Waals surface area (Å²) < 4.78 is 17.4. The van der Waals surface area contributed by atoms with Crippen LogP contribution in [0, 0.1) is 5.82 Å². The molecule has 1 amide bonds. The van der Waals surface area contributed by atoms with Crippen LogP contribution in [-0.4, -0.2) is 46.3 Å². The van der Waals surface area contributed by atoms with Gasteiger partial charge in [0.25, 0.3) is 5.91 Å². The fraction of sp³-hybridized carbons (Fsp3) is 0.471. The molecule has 0 spiro atoms. The first-order valence-electron chi connectivity index (χ1n) is 8.18. The van der Waals surface area contributed by atoms with Crippen LogP contribution in [0.15, 0.2) is 24.3 Å². The molecule has 1 aromatic carbocycles. The van der Waals surface area contributed by atoms with Crippen LogP contribution >= 0.6 is 11.5 Å². The molecule has 1 fully saturated rings. The molecule has 1 aliphatic rings. The predicted octanol–water partition coefficient (Wildman–Crippen LogP) is 3.15. The molecule has 24 heavy (non-hydrogen) atoms. The van der Waals surface area contributed by atoms with Crippen molar-refractivity contribution in [1.29, 1.82) is 0 Å². The molecule has 0 radical (unpaired) electrons. The number of amides is 1. The molecule has 0 atom stereocenters. The average Bonchev–Trinajstić information content (AvgIpc) is 2.94. The van der Waals surface area contributed by atoms with E-state index in [9.17, 15) is 9.18 Å². The van der Waals surface area contributed by atoms with Crippen molar-refractivity contribution in [2.45, 2.75) is 26.2 Å². The van der Waals surface area contributed by atoms with Crippen molar-refractivity contribution in [2.24, 2.45) is 0 Å². The Bertz CT molecular complexity index is 701. The van der Waals surface area contributed by atoms with E-state index in [-0.39, 0.29) is 11.7 Å². The van der Waals surface area contributed by atoms with Crippen molar-refractivity contribution >= 4 is 22.6 Å². The Morgan fingerprint density at radius 2 is 1.92 bits per heavy atom. The van der Waals surface area contributed by atoms with Gasteiger partial charge in [-0.15, -0.1) is 0 Å². The van der Waals surface area contributed by atoms with Crippen LogP contribution < -0.4 is 4.90 Å². The largest absolute Gasteiger partial charge is 0.345 e. The minimum atomic E-state index is -0.328. The Labute approximate surface area is 145 Å². The highest BCUT2D eigenvalue weighted by atomic mass is 32.1. The minimum Gasteiger partial charge on any atom is -0.345 e. The fourth-order valence-electron chi connectivity index (χ4n) is 2.68. The summed E-state index contributed by atoms with van der Waals surface area (Å²) in [4.78, 5) is 21.2. The number of carbonyl (C=O) groups is 1. The maximum atomic E-state index is 13.0. The van der Waals surface area contributed by atoms with E-state index in [0.29, 0.717) is 24.6 Å². The zero-order valence-electron chi connectivity index (χ0n) is 13.9. The van der Waals surface area contributed by atoms with E-state index >= 15 is 0 Å². The monoisotopic (exact) mass is 348 g/mol. The van der Waals surface area contributed by atoms with Gasteiger partial charge < -0.3 is 9.80 Å². The number of nitrogens with zero attached hydrogens (tertiary/aromatic N) is 4. The highest BCUT2D eigenvalue weighted by molar-refractivity contribution is 7.09. The van der Waals surface area contributed by atoms with Gasteiger partial charge in [0.1, 0.15) is 11.6 Å². The van der Waals surface area contributed by atoms with Gasteiger partial charge in [-0.2, -0.15) is 4.37 Å². The van der Waals surface area contributed by atoms with Gasteiger partial charge in [0.2, 0.25) is 5.13 Å². The molecule has 0 aliphatic carbocycles. The zero-order chi connectivity index (χ0) is 17.1. The van der Waals surface area contributed by atoms with E-state index in [1.54, 1.807) is 12.1 Å². The number of rotatable bonds is 3. The van der Waals surface area contributed by atoms with Gasteiger partial charge in [0.05, 0.1) is 0 Å². The molecule has 0 N–H and O–H groups in total. The third kappa shape index (κ3) is 3.72. The van der Waals surface area contributed by atoms with Crippen LogP contribution in [0.25, 0.3) is 0 Å². The Kier molecular flexibility index (Phi) is 5.08. The molecule has 128 valence electrons. The first-order chi connectivity index (χ1) is 11.5. The summed E-state index contributed by atoms with van der Waals surface area (Å²) in [6.45, 7) is 7.09. The fourth-order valence-corrected chi connectivity index (χ4v) is 3.54. The van der Waals surface area contributed by atoms with Crippen LogP contribution in [0.4, 0.5) is 9.52 Å². The Hall–Kier alpha value is -2.02. The minimum absolute atomic E-state index is 0.0445. The molecule has 2 heterocycles. The van der Waals surface area contributed by atoms with E-state index in [1.165, 1.54) is 23.7 Å². The second kappa shape index (κ2) is 7.25. The van der Waals surface area contributed by atoms with Gasteiger partial charge in [-0.25, -0.2) is 9.37 Å². The van der Waals surface area contributed by atoms with Gasteiger partial charge >= 0.3 is 0 Å². The van der Waals surface area contributed by atoms with E-state index < -0.39 is 0 Å². The maximum absolute atomic E-state index is 13.0. The van der Waals surface area contributed by atoms with Gasteiger partial charge in [-0.1, -0.05) is 13.8 Å². The molecule has 1 aliphatic heterocycles. The van der Waals surface area contributed by atoms with Gasteiger partial charge in [-0.3, -0.25) is 4.79 Å². The summed E-state index contributed by atoms with van der Waals surface area (Å²) in [7, 11) is 0. The highest BCUT2D eigenvalue weighted by Crippen LogP contribution is 2.22. The first kappa shape index (κ1) is 16.8.